The first kappa shape index (κ1) is 54.6. The van der Waals surface area contributed by atoms with Gasteiger partial charge in [0, 0.05) is 39.1 Å². The van der Waals surface area contributed by atoms with Crippen LogP contribution in [0.2, 0.25) is 0 Å². The first-order valence-corrected chi connectivity index (χ1v) is 24.5. The van der Waals surface area contributed by atoms with Gasteiger partial charge in [-0.15, -0.1) is 0 Å². The molecule has 0 bridgehead atoms. The summed E-state index contributed by atoms with van der Waals surface area (Å²) in [6.45, 7) is 11.3. The lowest BCUT2D eigenvalue weighted by Gasteiger charge is -2.20. The zero-order valence-corrected chi connectivity index (χ0v) is 38.3. The number of carbonyl (C=O) groups excluding carboxylic acids is 3. The minimum absolute atomic E-state index is 0.0127. The summed E-state index contributed by atoms with van der Waals surface area (Å²) in [5.41, 5.74) is 0. The lowest BCUT2D eigenvalue weighted by atomic mass is 10.1. The van der Waals surface area contributed by atoms with Crippen LogP contribution in [-0.2, 0) is 33.3 Å². The van der Waals surface area contributed by atoms with Crippen molar-refractivity contribution in [3.63, 3.8) is 0 Å². The number of esters is 2. The number of nitrogens with zero attached hydrogens (tertiary/aromatic N) is 1. The van der Waals surface area contributed by atoms with Gasteiger partial charge >= 0.3 is 18.0 Å². The fraction of sp³-hybridized carbons (Fsp3) is 0.857. The number of unbranched alkanes of at least 4 members (excludes halogenated alkanes) is 18. The third kappa shape index (κ3) is 37.1. The molecular weight excluding hydrogens is 745 g/mol. The fourth-order valence-corrected chi connectivity index (χ4v) is 7.00. The molecule has 0 aromatic heterocycles. The highest BCUT2D eigenvalue weighted by Crippen LogP contribution is 2.14. The van der Waals surface area contributed by atoms with Crippen LogP contribution in [0.4, 0.5) is 4.79 Å². The lowest BCUT2D eigenvalue weighted by molar-refractivity contribution is -0.161. The quantitative estimate of drug-likeness (QED) is 0.0211. The van der Waals surface area contributed by atoms with Crippen molar-refractivity contribution in [1.82, 2.24) is 10.2 Å². The molecule has 344 valence electrons. The van der Waals surface area contributed by atoms with E-state index >= 15 is 0 Å². The smallest absolute Gasteiger partial charge is 0.407 e. The van der Waals surface area contributed by atoms with Crippen LogP contribution >= 0.6 is 0 Å². The van der Waals surface area contributed by atoms with Crippen LogP contribution in [0.1, 0.15) is 201 Å². The lowest BCUT2D eigenvalue weighted by Crippen LogP contribution is -2.35. The molecule has 1 heterocycles. The van der Waals surface area contributed by atoms with Gasteiger partial charge in [0.15, 0.2) is 6.29 Å². The second kappa shape index (κ2) is 42.3. The standard InChI is InChI=1S/C49H90N2O8/c1-4-7-10-13-16-17-18-19-20-21-22-23-24-25-28-33-46(52)57-42-45(44-59-49(54)50-36-39-51-37-29-30-38-51)43-58-47(53)34-35-48(55-40-31-26-14-11-8-5-2)56-41-32-27-15-12-9-6-3/h16-17,19-20,45,48H,4-15,18,21-44H2,1-3H3,(H,50,54)/b17-16-,20-19-. The molecule has 1 unspecified atom stereocenters. The Morgan fingerprint density at radius 3 is 1.63 bits per heavy atom. The Morgan fingerprint density at radius 1 is 0.559 bits per heavy atom. The molecule has 0 aromatic rings. The van der Waals surface area contributed by atoms with Gasteiger partial charge in [-0.05, 0) is 77.3 Å². The molecule has 10 nitrogen and oxygen atoms in total. The zero-order valence-electron chi connectivity index (χ0n) is 38.3. The van der Waals surface area contributed by atoms with E-state index in [-0.39, 0.29) is 38.2 Å². The minimum atomic E-state index is -0.523. The molecule has 59 heavy (non-hydrogen) atoms. The molecule has 1 fully saturated rings. The Morgan fingerprint density at radius 2 is 1.03 bits per heavy atom. The molecule has 0 aromatic carbocycles. The normalized spacial score (nSPS) is 13.8. The molecule has 1 rings (SSSR count). The SMILES string of the molecule is CCCCC/C=C\C/C=C\CCCCCCCC(=O)OCC(COC(=O)CCC(OCCCCCCCC)OCCCCCCCC)COC(=O)NCCN1CCCC1. The first-order chi connectivity index (χ1) is 29.0. The maximum atomic E-state index is 12.9. The summed E-state index contributed by atoms with van der Waals surface area (Å²) in [5, 5.41) is 2.81. The second-order valence-corrected chi connectivity index (χ2v) is 16.5. The van der Waals surface area contributed by atoms with E-state index < -0.39 is 18.3 Å². The molecule has 1 saturated heterocycles. The number of likely N-dealkylation sites (tertiary alicyclic amines) is 1. The van der Waals surface area contributed by atoms with Crippen LogP contribution in [0.15, 0.2) is 24.3 Å². The molecule has 1 atom stereocenters. The Bertz CT molecular complexity index is 1010. The Balaban J connectivity index is 2.49. The summed E-state index contributed by atoms with van der Waals surface area (Å²) in [4.78, 5) is 40.4. The van der Waals surface area contributed by atoms with Gasteiger partial charge in [0.25, 0.3) is 0 Å². The van der Waals surface area contributed by atoms with Crippen LogP contribution in [0.25, 0.3) is 0 Å². The Hall–Kier alpha value is -2.43. The van der Waals surface area contributed by atoms with Crippen molar-refractivity contribution in [3.8, 4) is 0 Å². The van der Waals surface area contributed by atoms with Crippen molar-refractivity contribution < 1.29 is 38.1 Å². The highest BCUT2D eigenvalue weighted by Gasteiger charge is 2.20. The molecule has 0 spiro atoms. The van der Waals surface area contributed by atoms with E-state index in [1.165, 1.54) is 89.9 Å². The van der Waals surface area contributed by atoms with E-state index in [9.17, 15) is 14.4 Å². The Labute approximate surface area is 361 Å². The summed E-state index contributed by atoms with van der Waals surface area (Å²) in [5.74, 6) is -1.13. The molecule has 0 aliphatic carbocycles. The van der Waals surface area contributed by atoms with Gasteiger partial charge in [-0.25, -0.2) is 4.79 Å². The van der Waals surface area contributed by atoms with Crippen molar-refractivity contribution >= 4 is 18.0 Å². The summed E-state index contributed by atoms with van der Waals surface area (Å²) in [7, 11) is 0. The van der Waals surface area contributed by atoms with Crippen LogP contribution in [0.3, 0.4) is 0 Å². The number of amides is 1. The predicted octanol–water partition coefficient (Wildman–Crippen LogP) is 12.2. The molecule has 1 amide bonds. The van der Waals surface area contributed by atoms with E-state index in [1.54, 1.807) is 0 Å². The van der Waals surface area contributed by atoms with E-state index in [0.29, 0.717) is 32.6 Å². The fourth-order valence-electron chi connectivity index (χ4n) is 7.00. The number of alkyl carbamates (subject to hydrolysis) is 1. The van der Waals surface area contributed by atoms with Gasteiger partial charge in [-0.3, -0.25) is 9.59 Å². The third-order valence-corrected chi connectivity index (χ3v) is 10.8. The molecule has 1 aliphatic heterocycles. The topological polar surface area (TPSA) is 113 Å². The largest absolute Gasteiger partial charge is 0.465 e. The van der Waals surface area contributed by atoms with Crippen molar-refractivity contribution in [2.75, 3.05) is 59.2 Å². The first-order valence-electron chi connectivity index (χ1n) is 24.5. The molecule has 10 heteroatoms. The molecular formula is C49H90N2O8. The second-order valence-electron chi connectivity index (χ2n) is 16.5. The summed E-state index contributed by atoms with van der Waals surface area (Å²) in [6, 6.07) is 0. The van der Waals surface area contributed by atoms with E-state index in [2.05, 4.69) is 55.3 Å². The van der Waals surface area contributed by atoms with Crippen LogP contribution in [0, 0.1) is 5.92 Å². The van der Waals surface area contributed by atoms with Crippen molar-refractivity contribution in [1.29, 1.82) is 0 Å². The monoisotopic (exact) mass is 835 g/mol. The summed E-state index contributed by atoms with van der Waals surface area (Å²) < 4.78 is 28.9. The number of carbonyl (C=O) groups is 3. The van der Waals surface area contributed by atoms with Crippen LogP contribution in [-0.4, -0.2) is 88.4 Å². The van der Waals surface area contributed by atoms with Gasteiger partial charge in [0.1, 0.15) is 19.8 Å². The van der Waals surface area contributed by atoms with E-state index in [1.807, 2.05) is 0 Å². The summed E-state index contributed by atoms with van der Waals surface area (Å²) in [6.07, 6.45) is 37.9. The number of hydrogen-bond acceptors (Lipinski definition) is 9. The average molecular weight is 835 g/mol. The molecule has 1 aliphatic rings. The highest BCUT2D eigenvalue weighted by atomic mass is 16.7. The predicted molar refractivity (Wildman–Crippen MR) is 241 cm³/mol. The number of hydrogen-bond donors (Lipinski definition) is 1. The maximum absolute atomic E-state index is 12.9. The third-order valence-electron chi connectivity index (χ3n) is 10.8. The Kier molecular flexibility index (Phi) is 39.1. The van der Waals surface area contributed by atoms with Crippen molar-refractivity contribution in [3.05, 3.63) is 24.3 Å². The van der Waals surface area contributed by atoms with Gasteiger partial charge < -0.3 is 33.9 Å². The van der Waals surface area contributed by atoms with E-state index in [0.717, 1.165) is 90.3 Å². The minimum Gasteiger partial charge on any atom is -0.465 e. The van der Waals surface area contributed by atoms with E-state index in [4.69, 9.17) is 23.7 Å². The van der Waals surface area contributed by atoms with Gasteiger partial charge in [0.2, 0.25) is 0 Å². The number of ether oxygens (including phenoxy) is 5. The maximum Gasteiger partial charge on any atom is 0.407 e. The molecule has 0 saturated carbocycles. The zero-order chi connectivity index (χ0) is 42.7. The van der Waals surface area contributed by atoms with Gasteiger partial charge in [-0.1, -0.05) is 141 Å². The van der Waals surface area contributed by atoms with Crippen molar-refractivity contribution in [2.24, 2.45) is 5.92 Å². The van der Waals surface area contributed by atoms with Gasteiger partial charge in [-0.2, -0.15) is 0 Å². The molecule has 1 N–H and O–H groups in total. The number of rotatable bonds is 42. The van der Waals surface area contributed by atoms with Crippen LogP contribution in [0.5, 0.6) is 0 Å². The average Bonchev–Trinajstić information content (AvgIpc) is 3.76. The number of nitrogens with one attached hydrogen (secondary N) is 1. The number of allylic oxidation sites excluding steroid dienone is 4. The highest BCUT2D eigenvalue weighted by molar-refractivity contribution is 5.70. The summed E-state index contributed by atoms with van der Waals surface area (Å²) >= 11 is 0. The van der Waals surface area contributed by atoms with Crippen LogP contribution < -0.4 is 5.32 Å². The van der Waals surface area contributed by atoms with Crippen molar-refractivity contribution in [2.45, 2.75) is 207 Å². The molecule has 0 radical (unpaired) electrons. The van der Waals surface area contributed by atoms with Gasteiger partial charge in [0.05, 0.1) is 12.3 Å².